The highest BCUT2D eigenvalue weighted by Crippen LogP contribution is 2.29. The van der Waals surface area contributed by atoms with Gasteiger partial charge in [-0.3, -0.25) is 4.79 Å². The zero-order chi connectivity index (χ0) is 23.8. The minimum absolute atomic E-state index is 0.00582. The number of benzene rings is 2. The summed E-state index contributed by atoms with van der Waals surface area (Å²) in [5, 5.41) is 13.0. The van der Waals surface area contributed by atoms with Gasteiger partial charge in [0.15, 0.2) is 9.84 Å². The van der Waals surface area contributed by atoms with E-state index in [9.17, 15) is 36.3 Å². The number of carbonyl (C=O) groups is 1. The summed E-state index contributed by atoms with van der Waals surface area (Å²) in [5.74, 6) is -2.52. The molecule has 3 rings (SSSR count). The van der Waals surface area contributed by atoms with Crippen LogP contribution in [0.1, 0.15) is 29.9 Å². The summed E-state index contributed by atoms with van der Waals surface area (Å²) in [4.78, 5) is 24.3. The van der Waals surface area contributed by atoms with E-state index in [2.05, 4.69) is 9.84 Å². The fourth-order valence-corrected chi connectivity index (χ4v) is 4.64. The van der Waals surface area contributed by atoms with E-state index in [1.807, 2.05) is 0 Å². The van der Waals surface area contributed by atoms with Gasteiger partial charge in [0.25, 0.3) is 0 Å². The molecule has 0 unspecified atom stereocenters. The lowest BCUT2D eigenvalue weighted by molar-refractivity contribution is -0.274. The largest absolute Gasteiger partial charge is 0.573 e. The van der Waals surface area contributed by atoms with E-state index >= 15 is 0 Å². The second-order valence-corrected chi connectivity index (χ2v) is 8.86. The van der Waals surface area contributed by atoms with E-state index in [-0.39, 0.29) is 33.7 Å². The Morgan fingerprint density at radius 1 is 1.12 bits per heavy atom. The molecule has 1 heterocycles. The second-order valence-electron chi connectivity index (χ2n) is 6.64. The first-order chi connectivity index (χ1) is 14.9. The number of nitrogens with zero attached hydrogens (tertiary/aromatic N) is 2. The molecule has 0 radical (unpaired) electrons. The van der Waals surface area contributed by atoms with Crippen LogP contribution in [0.4, 0.5) is 13.2 Å². The monoisotopic (exact) mass is 470 g/mol. The zero-order valence-electron chi connectivity index (χ0n) is 16.8. The van der Waals surface area contributed by atoms with Crippen LogP contribution in [0.3, 0.4) is 0 Å². The van der Waals surface area contributed by atoms with Crippen LogP contribution in [-0.4, -0.2) is 41.4 Å². The summed E-state index contributed by atoms with van der Waals surface area (Å²) in [6.45, 7) is 3.08. The fraction of sp³-hybridized carbons (Fsp3) is 0.250. The third-order valence-electron chi connectivity index (χ3n) is 4.68. The number of carboxylic acid groups (broad SMARTS) is 1. The molecule has 0 atom stereocenters. The Bertz CT molecular complexity index is 1360. The highest BCUT2D eigenvalue weighted by atomic mass is 32.2. The van der Waals surface area contributed by atoms with E-state index in [1.54, 1.807) is 6.92 Å². The van der Waals surface area contributed by atoms with Crippen molar-refractivity contribution in [3.63, 3.8) is 0 Å². The number of hydrogen-bond acceptors (Lipinski definition) is 6. The van der Waals surface area contributed by atoms with E-state index in [1.165, 1.54) is 31.2 Å². The Kier molecular flexibility index (Phi) is 6.00. The molecule has 8 nitrogen and oxygen atoms in total. The van der Waals surface area contributed by atoms with Crippen molar-refractivity contribution in [2.45, 2.75) is 31.5 Å². The number of sulfone groups is 1. The number of hydrogen-bond donors (Lipinski definition) is 1. The molecule has 0 aliphatic heterocycles. The Morgan fingerprint density at radius 2 is 1.75 bits per heavy atom. The Hall–Kier alpha value is -3.41. The molecular formula is C20H17F3N2O6S. The molecule has 0 aliphatic rings. The highest BCUT2D eigenvalue weighted by Gasteiger charge is 2.31. The van der Waals surface area contributed by atoms with E-state index in [4.69, 9.17) is 0 Å². The van der Waals surface area contributed by atoms with Crippen LogP contribution in [0.15, 0.2) is 46.1 Å². The summed E-state index contributed by atoms with van der Waals surface area (Å²) in [6, 6.07) is 7.22. The lowest BCUT2D eigenvalue weighted by Crippen LogP contribution is -2.25. The molecule has 32 heavy (non-hydrogen) atoms. The number of carboxylic acids is 1. The molecular weight excluding hydrogens is 453 g/mol. The third kappa shape index (κ3) is 4.31. The fourth-order valence-electron chi connectivity index (χ4n) is 3.23. The average molecular weight is 470 g/mol. The third-order valence-corrected chi connectivity index (χ3v) is 6.53. The van der Waals surface area contributed by atoms with Crippen LogP contribution < -0.4 is 10.2 Å². The van der Waals surface area contributed by atoms with E-state index in [0.717, 1.165) is 16.8 Å². The molecule has 0 spiro atoms. The van der Waals surface area contributed by atoms with Gasteiger partial charge in [0.05, 0.1) is 27.2 Å². The lowest BCUT2D eigenvalue weighted by Gasteiger charge is -2.16. The normalized spacial score (nSPS) is 12.2. The van der Waals surface area contributed by atoms with Crippen molar-refractivity contribution < 1.29 is 36.2 Å². The molecule has 3 aromatic rings. The van der Waals surface area contributed by atoms with Gasteiger partial charge < -0.3 is 9.84 Å². The van der Waals surface area contributed by atoms with Gasteiger partial charge in [-0.1, -0.05) is 19.9 Å². The standard InChI is InChI=1S/C20H17F3N2O6S/c1-3-11-5-10-14-15(18(11)32(29,30)4-2)17(26)16(19(27)28)24-25(14)12-6-8-13(9-7-12)31-20(21,22)23/h5-10H,3-4H2,1-2H3,(H,27,28). The molecule has 0 aliphatic carbocycles. The topological polar surface area (TPSA) is 116 Å². The summed E-state index contributed by atoms with van der Waals surface area (Å²) >= 11 is 0. The zero-order valence-corrected chi connectivity index (χ0v) is 17.6. The lowest BCUT2D eigenvalue weighted by atomic mass is 10.1. The molecule has 1 aromatic heterocycles. The van der Waals surface area contributed by atoms with Crippen LogP contribution in [0.5, 0.6) is 5.75 Å². The van der Waals surface area contributed by atoms with Gasteiger partial charge in [-0.2, -0.15) is 5.10 Å². The smallest absolute Gasteiger partial charge is 0.476 e. The number of halogens is 3. The first-order valence-corrected chi connectivity index (χ1v) is 11.0. The van der Waals surface area contributed by atoms with Gasteiger partial charge in [0.1, 0.15) is 5.75 Å². The van der Waals surface area contributed by atoms with Gasteiger partial charge >= 0.3 is 12.3 Å². The maximum Gasteiger partial charge on any atom is 0.573 e. The molecule has 0 bridgehead atoms. The minimum Gasteiger partial charge on any atom is -0.476 e. The number of ether oxygens (including phenoxy) is 1. The molecule has 2 aromatic carbocycles. The number of aromatic carboxylic acids is 1. The quantitative estimate of drug-likeness (QED) is 0.587. The predicted octanol–water partition coefficient (Wildman–Crippen LogP) is 3.34. The van der Waals surface area contributed by atoms with Gasteiger partial charge in [0.2, 0.25) is 11.1 Å². The van der Waals surface area contributed by atoms with Gasteiger partial charge in [-0.25, -0.2) is 17.9 Å². The SMILES string of the molecule is CCc1ccc2c(c1S(=O)(=O)CC)c(=O)c(C(=O)O)nn2-c1ccc(OC(F)(F)F)cc1. The molecule has 0 saturated carbocycles. The molecule has 0 saturated heterocycles. The highest BCUT2D eigenvalue weighted by molar-refractivity contribution is 7.91. The maximum absolute atomic E-state index is 12.9. The van der Waals surface area contributed by atoms with Crippen molar-refractivity contribution in [1.82, 2.24) is 9.78 Å². The van der Waals surface area contributed by atoms with E-state index < -0.39 is 39.0 Å². The minimum atomic E-state index is -4.90. The van der Waals surface area contributed by atoms with Crippen LogP contribution in [0, 0.1) is 0 Å². The van der Waals surface area contributed by atoms with Crippen molar-refractivity contribution in [2.24, 2.45) is 0 Å². The summed E-state index contributed by atoms with van der Waals surface area (Å²) in [7, 11) is -3.94. The van der Waals surface area contributed by atoms with Crippen molar-refractivity contribution in [1.29, 1.82) is 0 Å². The number of rotatable bonds is 6. The average Bonchev–Trinajstić information content (AvgIpc) is 2.72. The van der Waals surface area contributed by atoms with Crippen molar-refractivity contribution in [2.75, 3.05) is 5.75 Å². The number of alkyl halides is 3. The molecule has 170 valence electrons. The molecule has 1 N–H and O–H groups in total. The first-order valence-electron chi connectivity index (χ1n) is 9.30. The van der Waals surface area contributed by atoms with Gasteiger partial charge in [0, 0.05) is 0 Å². The Balaban J connectivity index is 2.40. The van der Waals surface area contributed by atoms with Crippen molar-refractivity contribution >= 4 is 26.7 Å². The summed E-state index contributed by atoms with van der Waals surface area (Å²) < 4.78 is 67.7. The van der Waals surface area contributed by atoms with E-state index in [0.29, 0.717) is 5.56 Å². The van der Waals surface area contributed by atoms with Crippen LogP contribution >= 0.6 is 0 Å². The summed E-state index contributed by atoms with van der Waals surface area (Å²) in [6.07, 6.45) is -4.64. The number of aryl methyl sites for hydroxylation is 1. The second kappa shape index (κ2) is 8.26. The van der Waals surface area contributed by atoms with Crippen LogP contribution in [-0.2, 0) is 16.3 Å². The molecule has 0 fully saturated rings. The first kappa shape index (κ1) is 23.3. The molecule has 12 heteroatoms. The van der Waals surface area contributed by atoms with Crippen molar-refractivity contribution in [3.05, 3.63) is 57.9 Å². The maximum atomic E-state index is 12.9. The Labute approximate surface area is 179 Å². The molecule has 0 amide bonds. The summed E-state index contributed by atoms with van der Waals surface area (Å²) in [5.41, 5.74) is -1.57. The number of aromatic nitrogens is 2. The Morgan fingerprint density at radius 3 is 2.25 bits per heavy atom. The van der Waals surface area contributed by atoms with Crippen LogP contribution in [0.2, 0.25) is 0 Å². The van der Waals surface area contributed by atoms with Crippen molar-refractivity contribution in [3.8, 4) is 11.4 Å². The number of fused-ring (bicyclic) bond motifs is 1. The predicted molar refractivity (Wildman–Crippen MR) is 108 cm³/mol. The van der Waals surface area contributed by atoms with Crippen LogP contribution in [0.25, 0.3) is 16.6 Å². The van der Waals surface area contributed by atoms with Gasteiger partial charge in [-0.15, -0.1) is 13.2 Å². The van der Waals surface area contributed by atoms with Gasteiger partial charge in [-0.05, 0) is 42.3 Å².